The summed E-state index contributed by atoms with van der Waals surface area (Å²) < 4.78 is 9.93. The van der Waals surface area contributed by atoms with Gasteiger partial charge in [0.2, 0.25) is 0 Å². The zero-order valence-electron chi connectivity index (χ0n) is 8.70. The Morgan fingerprint density at radius 1 is 1.40 bits per heavy atom. The van der Waals surface area contributed by atoms with Gasteiger partial charge in [0, 0.05) is 5.33 Å². The Kier molecular flexibility index (Phi) is 4.62. The highest BCUT2D eigenvalue weighted by molar-refractivity contribution is 9.08. The quantitative estimate of drug-likeness (QED) is 0.624. The first-order chi connectivity index (χ1) is 7.17. The van der Waals surface area contributed by atoms with Gasteiger partial charge in [-0.2, -0.15) is 0 Å². The van der Waals surface area contributed by atoms with Crippen molar-refractivity contribution in [3.05, 3.63) is 29.8 Å². The molecule has 82 valence electrons. The van der Waals surface area contributed by atoms with Crippen molar-refractivity contribution in [2.45, 2.75) is 18.4 Å². The number of hydrogen-bond donors (Lipinski definition) is 0. The van der Waals surface area contributed by atoms with E-state index >= 15 is 0 Å². The van der Waals surface area contributed by atoms with E-state index in [9.17, 15) is 4.79 Å². The summed E-state index contributed by atoms with van der Waals surface area (Å²) in [6.07, 6.45) is -0.579. The van der Waals surface area contributed by atoms with E-state index in [1.165, 1.54) is 7.11 Å². The highest BCUT2D eigenvalue weighted by Gasteiger charge is 2.14. The Balaban J connectivity index is 2.60. The maximum Gasteiger partial charge on any atom is 0.346 e. The minimum absolute atomic E-state index is 0.375. The number of carbonyl (C=O) groups is 1. The fourth-order valence-electron chi connectivity index (χ4n) is 1.08. The molecule has 1 aromatic carbocycles. The average Bonchev–Trinajstić information content (AvgIpc) is 2.29. The second-order valence-corrected chi connectivity index (χ2v) is 3.62. The predicted molar refractivity (Wildman–Crippen MR) is 61.2 cm³/mol. The molecule has 0 aliphatic carbocycles. The van der Waals surface area contributed by atoms with Crippen molar-refractivity contribution in [2.24, 2.45) is 0 Å². The van der Waals surface area contributed by atoms with Crippen LogP contribution in [0, 0.1) is 0 Å². The number of methoxy groups -OCH3 is 1. The Morgan fingerprint density at radius 2 is 2.00 bits per heavy atom. The van der Waals surface area contributed by atoms with Gasteiger partial charge in [0.15, 0.2) is 6.10 Å². The van der Waals surface area contributed by atoms with Crippen LogP contribution < -0.4 is 4.74 Å². The molecule has 0 fully saturated rings. The Hall–Kier alpha value is -1.03. The molecule has 0 bridgehead atoms. The van der Waals surface area contributed by atoms with E-state index in [-0.39, 0.29) is 5.97 Å². The van der Waals surface area contributed by atoms with Gasteiger partial charge in [-0.25, -0.2) is 4.79 Å². The maximum atomic E-state index is 11.1. The van der Waals surface area contributed by atoms with Gasteiger partial charge >= 0.3 is 5.97 Å². The Morgan fingerprint density at radius 3 is 2.47 bits per heavy atom. The van der Waals surface area contributed by atoms with E-state index in [0.717, 1.165) is 10.9 Å². The first kappa shape index (κ1) is 12.0. The van der Waals surface area contributed by atoms with Gasteiger partial charge in [0.05, 0.1) is 7.11 Å². The van der Waals surface area contributed by atoms with Crippen molar-refractivity contribution in [3.63, 3.8) is 0 Å². The van der Waals surface area contributed by atoms with Crippen LogP contribution >= 0.6 is 15.9 Å². The molecule has 0 heterocycles. The van der Waals surface area contributed by atoms with Crippen LogP contribution in [0.5, 0.6) is 5.75 Å². The molecule has 0 aliphatic rings. The number of carbonyl (C=O) groups excluding carboxylic acids is 1. The fourth-order valence-corrected chi connectivity index (χ4v) is 1.45. The summed E-state index contributed by atoms with van der Waals surface area (Å²) in [6.45, 7) is 1.66. The summed E-state index contributed by atoms with van der Waals surface area (Å²) in [6, 6.07) is 7.54. The lowest BCUT2D eigenvalue weighted by molar-refractivity contribution is -0.147. The van der Waals surface area contributed by atoms with Crippen LogP contribution in [0.2, 0.25) is 0 Å². The van der Waals surface area contributed by atoms with Crippen LogP contribution in [0.1, 0.15) is 12.5 Å². The summed E-state index contributed by atoms with van der Waals surface area (Å²) in [5, 5.41) is 0.805. The largest absolute Gasteiger partial charge is 0.479 e. The highest BCUT2D eigenvalue weighted by atomic mass is 79.9. The molecule has 0 saturated carbocycles. The molecule has 1 unspecified atom stereocenters. The number of esters is 1. The third kappa shape index (κ3) is 3.55. The number of ether oxygens (including phenoxy) is 2. The molecule has 0 aromatic heterocycles. The van der Waals surface area contributed by atoms with E-state index in [1.54, 1.807) is 6.92 Å². The third-order valence-electron chi connectivity index (χ3n) is 1.92. The van der Waals surface area contributed by atoms with E-state index < -0.39 is 6.10 Å². The van der Waals surface area contributed by atoms with Crippen LogP contribution in [-0.2, 0) is 14.9 Å². The summed E-state index contributed by atoms with van der Waals surface area (Å²) in [7, 11) is 1.34. The molecular formula is C11H13BrO3. The van der Waals surface area contributed by atoms with E-state index in [2.05, 4.69) is 20.7 Å². The van der Waals surface area contributed by atoms with Crippen LogP contribution in [-0.4, -0.2) is 19.2 Å². The molecule has 0 spiro atoms. The molecule has 0 aliphatic heterocycles. The summed E-state index contributed by atoms with van der Waals surface area (Å²) in [5.74, 6) is 0.289. The first-order valence-corrected chi connectivity index (χ1v) is 5.69. The smallest absolute Gasteiger partial charge is 0.346 e. The highest BCUT2D eigenvalue weighted by Crippen LogP contribution is 2.15. The van der Waals surface area contributed by atoms with E-state index in [4.69, 9.17) is 4.74 Å². The summed E-state index contributed by atoms with van der Waals surface area (Å²) >= 11 is 3.35. The van der Waals surface area contributed by atoms with Crippen molar-refractivity contribution < 1.29 is 14.3 Å². The molecule has 1 rings (SSSR count). The SMILES string of the molecule is COC(=O)C(C)Oc1ccc(CBr)cc1. The minimum Gasteiger partial charge on any atom is -0.479 e. The van der Waals surface area contributed by atoms with Gasteiger partial charge < -0.3 is 9.47 Å². The molecule has 0 amide bonds. The lowest BCUT2D eigenvalue weighted by atomic mass is 10.2. The Labute approximate surface area is 97.5 Å². The van der Waals surface area contributed by atoms with Gasteiger partial charge in [0.25, 0.3) is 0 Å². The topological polar surface area (TPSA) is 35.5 Å². The molecule has 0 N–H and O–H groups in total. The second kappa shape index (κ2) is 5.75. The number of halogens is 1. The number of benzene rings is 1. The monoisotopic (exact) mass is 272 g/mol. The lowest BCUT2D eigenvalue weighted by Gasteiger charge is -2.12. The van der Waals surface area contributed by atoms with Crippen molar-refractivity contribution in [2.75, 3.05) is 7.11 Å². The van der Waals surface area contributed by atoms with Crippen molar-refractivity contribution in [1.82, 2.24) is 0 Å². The zero-order valence-corrected chi connectivity index (χ0v) is 10.3. The predicted octanol–water partition coefficient (Wildman–Crippen LogP) is 2.52. The molecule has 0 saturated heterocycles. The average molecular weight is 273 g/mol. The molecule has 1 aromatic rings. The van der Waals surface area contributed by atoms with E-state index in [1.807, 2.05) is 24.3 Å². The van der Waals surface area contributed by atoms with Crippen LogP contribution in [0.25, 0.3) is 0 Å². The van der Waals surface area contributed by atoms with Crippen molar-refractivity contribution in [3.8, 4) is 5.75 Å². The van der Waals surface area contributed by atoms with Crippen LogP contribution in [0.3, 0.4) is 0 Å². The number of hydrogen-bond acceptors (Lipinski definition) is 3. The van der Waals surface area contributed by atoms with Crippen LogP contribution in [0.15, 0.2) is 24.3 Å². The molecule has 0 radical (unpaired) electrons. The maximum absolute atomic E-state index is 11.1. The lowest BCUT2D eigenvalue weighted by Crippen LogP contribution is -2.24. The van der Waals surface area contributed by atoms with Crippen molar-refractivity contribution >= 4 is 21.9 Å². The molecule has 3 nitrogen and oxygen atoms in total. The molecule has 4 heteroatoms. The van der Waals surface area contributed by atoms with E-state index in [0.29, 0.717) is 5.75 Å². The molecule has 15 heavy (non-hydrogen) atoms. The molecule has 1 atom stereocenters. The van der Waals surface area contributed by atoms with Gasteiger partial charge in [-0.1, -0.05) is 28.1 Å². The summed E-state index contributed by atoms with van der Waals surface area (Å²) in [4.78, 5) is 11.1. The summed E-state index contributed by atoms with van der Waals surface area (Å²) in [5.41, 5.74) is 1.16. The molecular weight excluding hydrogens is 260 g/mol. The van der Waals surface area contributed by atoms with Gasteiger partial charge in [0.1, 0.15) is 5.75 Å². The number of rotatable bonds is 4. The Bertz CT molecular complexity index is 321. The fraction of sp³-hybridized carbons (Fsp3) is 0.364. The zero-order chi connectivity index (χ0) is 11.3. The van der Waals surface area contributed by atoms with Crippen LogP contribution in [0.4, 0.5) is 0 Å². The minimum atomic E-state index is -0.579. The van der Waals surface area contributed by atoms with Gasteiger partial charge in [-0.05, 0) is 24.6 Å². The van der Waals surface area contributed by atoms with Crippen molar-refractivity contribution in [1.29, 1.82) is 0 Å². The normalized spacial score (nSPS) is 11.9. The standard InChI is InChI=1S/C11H13BrO3/c1-8(11(13)14-2)15-10-5-3-9(7-12)4-6-10/h3-6,8H,7H2,1-2H3. The second-order valence-electron chi connectivity index (χ2n) is 3.06. The van der Waals surface area contributed by atoms with Gasteiger partial charge in [-0.3, -0.25) is 0 Å². The van der Waals surface area contributed by atoms with Gasteiger partial charge in [-0.15, -0.1) is 0 Å². The number of alkyl halides is 1. The third-order valence-corrected chi connectivity index (χ3v) is 2.57. The first-order valence-electron chi connectivity index (χ1n) is 4.56.